The van der Waals surface area contributed by atoms with Crippen molar-refractivity contribution >= 4 is 39.5 Å². The maximum atomic E-state index is 13.2. The fourth-order valence-electron chi connectivity index (χ4n) is 3.31. The number of hydrogen-bond acceptors (Lipinski definition) is 7. The number of benzene rings is 2. The van der Waals surface area contributed by atoms with E-state index in [0.29, 0.717) is 21.6 Å². The molecular formula is C24H13ClO7. The van der Waals surface area contributed by atoms with Crippen LogP contribution in [0.15, 0.2) is 83.7 Å². The molecule has 0 fully saturated rings. The molecule has 0 N–H and O–H groups in total. The molecule has 0 amide bonds. The molecule has 0 aliphatic heterocycles. The van der Waals surface area contributed by atoms with E-state index in [1.807, 2.05) is 0 Å². The molecule has 0 atom stereocenters. The van der Waals surface area contributed by atoms with E-state index in [0.717, 1.165) is 0 Å². The molecule has 0 bridgehead atoms. The van der Waals surface area contributed by atoms with E-state index in [2.05, 4.69) is 0 Å². The Hall–Kier alpha value is -4.10. The highest BCUT2D eigenvalue weighted by Crippen LogP contribution is 2.33. The number of para-hydroxylation sites is 1. The Kier molecular flexibility index (Phi) is 4.68. The number of halogens is 1. The zero-order valence-electron chi connectivity index (χ0n) is 16.5. The van der Waals surface area contributed by atoms with Crippen molar-refractivity contribution in [3.63, 3.8) is 0 Å². The molecule has 0 spiro atoms. The molecule has 3 aromatic heterocycles. The average molecular weight is 449 g/mol. The maximum absolute atomic E-state index is 13.2. The zero-order valence-corrected chi connectivity index (χ0v) is 17.3. The average Bonchev–Trinajstić information content (AvgIpc) is 3.31. The van der Waals surface area contributed by atoms with E-state index < -0.39 is 22.8 Å². The zero-order chi connectivity index (χ0) is 22.4. The van der Waals surface area contributed by atoms with Crippen LogP contribution in [-0.2, 0) is 0 Å². The minimum Gasteiger partial charge on any atom is -0.461 e. The van der Waals surface area contributed by atoms with Crippen LogP contribution in [-0.4, -0.2) is 5.97 Å². The molecule has 158 valence electrons. The predicted molar refractivity (Wildman–Crippen MR) is 117 cm³/mol. The van der Waals surface area contributed by atoms with Gasteiger partial charge in [-0.3, -0.25) is 4.79 Å². The Balaban J connectivity index is 1.69. The molecule has 32 heavy (non-hydrogen) atoms. The Morgan fingerprint density at radius 3 is 2.56 bits per heavy atom. The highest BCUT2D eigenvalue weighted by molar-refractivity contribution is 6.32. The molecule has 3 heterocycles. The minimum atomic E-state index is -1.07. The van der Waals surface area contributed by atoms with Gasteiger partial charge in [-0.1, -0.05) is 29.8 Å². The molecule has 0 aliphatic carbocycles. The first-order chi connectivity index (χ1) is 15.4. The van der Waals surface area contributed by atoms with Crippen LogP contribution in [0.2, 0.25) is 5.02 Å². The van der Waals surface area contributed by atoms with Crippen molar-refractivity contribution in [3.05, 3.63) is 97.7 Å². The molecule has 0 saturated heterocycles. The van der Waals surface area contributed by atoms with Crippen LogP contribution in [0.4, 0.5) is 0 Å². The van der Waals surface area contributed by atoms with Gasteiger partial charge in [-0.15, -0.1) is 0 Å². The molecular weight excluding hydrogens is 436 g/mol. The lowest BCUT2D eigenvalue weighted by atomic mass is 10.1. The fraction of sp³-hybridized carbons (Fsp3) is 0.0417. The van der Waals surface area contributed by atoms with Crippen LogP contribution in [0.5, 0.6) is 5.75 Å². The smallest absolute Gasteiger partial charge is 0.351 e. The van der Waals surface area contributed by atoms with Gasteiger partial charge in [0.15, 0.2) is 5.76 Å². The number of rotatable bonds is 3. The summed E-state index contributed by atoms with van der Waals surface area (Å²) in [6.45, 7) is 1.77. The van der Waals surface area contributed by atoms with E-state index in [-0.39, 0.29) is 28.1 Å². The third kappa shape index (κ3) is 3.29. The summed E-state index contributed by atoms with van der Waals surface area (Å²) in [6.07, 6.45) is 1.39. The fourth-order valence-corrected chi connectivity index (χ4v) is 3.48. The van der Waals surface area contributed by atoms with Gasteiger partial charge >= 0.3 is 11.6 Å². The van der Waals surface area contributed by atoms with Crippen LogP contribution >= 0.6 is 11.6 Å². The summed E-state index contributed by atoms with van der Waals surface area (Å²) >= 11 is 6.17. The Labute approximate surface area is 184 Å². The molecule has 2 aromatic carbocycles. The predicted octanol–water partition coefficient (Wildman–Crippen LogP) is 5.34. The lowest BCUT2D eigenvalue weighted by Crippen LogP contribution is -2.22. The highest BCUT2D eigenvalue weighted by Gasteiger charge is 2.25. The number of furan rings is 1. The largest absolute Gasteiger partial charge is 0.461 e. The summed E-state index contributed by atoms with van der Waals surface area (Å²) < 4.78 is 21.8. The van der Waals surface area contributed by atoms with E-state index in [9.17, 15) is 14.4 Å². The van der Waals surface area contributed by atoms with Crippen LogP contribution in [0.1, 0.15) is 15.9 Å². The molecule has 0 radical (unpaired) electrons. The van der Waals surface area contributed by atoms with Gasteiger partial charge in [0.25, 0.3) is 0 Å². The number of carbonyl (C=O) groups is 1. The Morgan fingerprint density at radius 1 is 0.969 bits per heavy atom. The van der Waals surface area contributed by atoms with Gasteiger partial charge in [0.2, 0.25) is 16.9 Å². The van der Waals surface area contributed by atoms with Gasteiger partial charge in [0.1, 0.15) is 16.7 Å². The van der Waals surface area contributed by atoms with Crippen LogP contribution in [0.25, 0.3) is 33.5 Å². The van der Waals surface area contributed by atoms with Gasteiger partial charge in [0, 0.05) is 10.4 Å². The summed E-state index contributed by atoms with van der Waals surface area (Å²) in [5.41, 5.74) is -0.634. The minimum absolute atomic E-state index is 0.0900. The van der Waals surface area contributed by atoms with Crippen molar-refractivity contribution in [3.8, 4) is 17.3 Å². The first-order valence-corrected chi connectivity index (χ1v) is 9.86. The van der Waals surface area contributed by atoms with Gasteiger partial charge in [-0.2, -0.15) is 0 Å². The third-order valence-electron chi connectivity index (χ3n) is 4.93. The Bertz CT molecular complexity index is 1620. The normalized spacial score (nSPS) is 11.2. The molecule has 5 aromatic rings. The van der Waals surface area contributed by atoms with Crippen molar-refractivity contribution in [2.45, 2.75) is 6.92 Å². The van der Waals surface area contributed by atoms with Crippen molar-refractivity contribution < 1.29 is 22.8 Å². The monoisotopic (exact) mass is 448 g/mol. The molecule has 0 unspecified atom stereocenters. The number of carbonyl (C=O) groups excluding carboxylic acids is 1. The highest BCUT2D eigenvalue weighted by atomic mass is 35.5. The quantitative estimate of drug-likeness (QED) is 0.271. The van der Waals surface area contributed by atoms with Crippen molar-refractivity contribution in [2.75, 3.05) is 0 Å². The summed E-state index contributed by atoms with van der Waals surface area (Å²) in [4.78, 5) is 38.5. The standard InChI is InChI=1S/C24H13ClO7/c1-12-9-19-14(11-16(12)25)20(26)22(21(30-19)18-7-4-8-29-18)32-24(28)15-10-13-5-2-3-6-17(13)31-23(15)27/h2-11H,1H3. The maximum Gasteiger partial charge on any atom is 0.351 e. The number of hydrogen-bond donors (Lipinski definition) is 0. The van der Waals surface area contributed by atoms with E-state index >= 15 is 0 Å². The van der Waals surface area contributed by atoms with Crippen molar-refractivity contribution in [1.82, 2.24) is 0 Å². The molecule has 5 rings (SSSR count). The summed E-state index contributed by atoms with van der Waals surface area (Å²) in [5.74, 6) is -1.41. The summed E-state index contributed by atoms with van der Waals surface area (Å²) in [7, 11) is 0. The molecule has 7 nitrogen and oxygen atoms in total. The topological polar surface area (TPSA) is 99.9 Å². The Morgan fingerprint density at radius 2 is 1.78 bits per heavy atom. The molecule has 8 heteroatoms. The third-order valence-corrected chi connectivity index (χ3v) is 5.34. The second-order valence-corrected chi connectivity index (χ2v) is 7.45. The van der Waals surface area contributed by atoms with Gasteiger partial charge in [-0.25, -0.2) is 9.59 Å². The van der Waals surface area contributed by atoms with E-state index in [1.165, 1.54) is 18.4 Å². The lowest BCUT2D eigenvalue weighted by molar-refractivity contribution is 0.0727. The second kappa shape index (κ2) is 7.55. The second-order valence-electron chi connectivity index (χ2n) is 7.04. The van der Waals surface area contributed by atoms with E-state index in [4.69, 9.17) is 29.6 Å². The number of ether oxygens (including phenoxy) is 1. The van der Waals surface area contributed by atoms with Crippen molar-refractivity contribution in [1.29, 1.82) is 0 Å². The molecule has 0 aliphatic rings. The van der Waals surface area contributed by atoms with E-state index in [1.54, 1.807) is 49.4 Å². The van der Waals surface area contributed by atoms with Crippen molar-refractivity contribution in [2.24, 2.45) is 0 Å². The first kappa shape index (κ1) is 19.8. The SMILES string of the molecule is Cc1cc2oc(-c3ccco3)c(OC(=O)c3cc4ccccc4oc3=O)c(=O)c2cc1Cl. The van der Waals surface area contributed by atoms with Gasteiger partial charge < -0.3 is 18.0 Å². The number of fused-ring (bicyclic) bond motifs is 2. The van der Waals surface area contributed by atoms with Crippen LogP contribution in [0.3, 0.4) is 0 Å². The number of esters is 1. The molecule has 0 saturated carbocycles. The lowest BCUT2D eigenvalue weighted by Gasteiger charge is -2.10. The first-order valence-electron chi connectivity index (χ1n) is 9.48. The van der Waals surface area contributed by atoms with Crippen LogP contribution in [0, 0.1) is 6.92 Å². The summed E-state index contributed by atoms with van der Waals surface area (Å²) in [6, 6.07) is 14.2. The van der Waals surface area contributed by atoms with Gasteiger partial charge in [-0.05, 0) is 48.9 Å². The summed E-state index contributed by atoms with van der Waals surface area (Å²) in [5, 5.41) is 0.991. The van der Waals surface area contributed by atoms with Crippen LogP contribution < -0.4 is 15.8 Å². The number of aryl methyl sites for hydroxylation is 1. The van der Waals surface area contributed by atoms with Gasteiger partial charge in [0.05, 0.1) is 11.6 Å².